The summed E-state index contributed by atoms with van der Waals surface area (Å²) < 4.78 is 4.82. The minimum absolute atomic E-state index is 0.265. The van der Waals surface area contributed by atoms with Crippen molar-refractivity contribution in [1.29, 1.82) is 0 Å². The second-order valence-corrected chi connectivity index (χ2v) is 3.50. The first kappa shape index (κ1) is 15.7. The third-order valence-electron chi connectivity index (χ3n) is 2.06. The summed E-state index contributed by atoms with van der Waals surface area (Å²) in [5, 5.41) is 14.3. The van der Waals surface area contributed by atoms with Crippen LogP contribution in [0.15, 0.2) is 0 Å². The maximum absolute atomic E-state index is 11.6. The number of amides is 2. The Labute approximate surface area is 101 Å². The van der Waals surface area contributed by atoms with E-state index in [2.05, 4.69) is 10.6 Å². The van der Waals surface area contributed by atoms with E-state index in [4.69, 9.17) is 9.84 Å². The van der Waals surface area contributed by atoms with Gasteiger partial charge in [-0.3, -0.25) is 4.79 Å². The molecule has 0 spiro atoms. The number of rotatable bonds is 9. The summed E-state index contributed by atoms with van der Waals surface area (Å²) in [4.78, 5) is 23.4. The molecule has 0 aromatic carbocycles. The molecule has 0 aromatic heterocycles. The van der Waals surface area contributed by atoms with Crippen LogP contribution in [0.2, 0.25) is 0 Å². The topological polar surface area (TPSA) is 90.9 Å². The predicted octanol–water partition coefficient (Wildman–Crippen LogP) is -0.661. The average Bonchev–Trinajstić information content (AvgIpc) is 2.29. The van der Waals surface area contributed by atoms with Crippen molar-refractivity contribution in [2.24, 2.45) is 0 Å². The number of carbonyl (C=O) groups excluding carboxylic acids is 1. The number of hydrogen-bond acceptors (Lipinski definition) is 4. The zero-order chi connectivity index (χ0) is 13.1. The lowest BCUT2D eigenvalue weighted by Gasteiger charge is -2.20. The summed E-state index contributed by atoms with van der Waals surface area (Å²) in [6, 6.07) is -0.374. The van der Waals surface area contributed by atoms with E-state index in [1.807, 2.05) is 7.05 Å². The van der Waals surface area contributed by atoms with Crippen molar-refractivity contribution >= 4 is 12.0 Å². The Balaban J connectivity index is 3.98. The molecule has 17 heavy (non-hydrogen) atoms. The van der Waals surface area contributed by atoms with Crippen molar-refractivity contribution in [2.45, 2.75) is 6.42 Å². The fourth-order valence-electron chi connectivity index (χ4n) is 1.19. The Bertz CT molecular complexity index is 236. The molecule has 0 aromatic rings. The molecule has 3 N–H and O–H groups in total. The van der Waals surface area contributed by atoms with Crippen molar-refractivity contribution in [2.75, 3.05) is 46.9 Å². The van der Waals surface area contributed by atoms with E-state index >= 15 is 0 Å². The number of nitrogens with one attached hydrogen (secondary N) is 2. The minimum atomic E-state index is -1.04. The van der Waals surface area contributed by atoms with Gasteiger partial charge >= 0.3 is 12.0 Å². The van der Waals surface area contributed by atoms with Crippen molar-refractivity contribution < 1.29 is 19.4 Å². The first-order chi connectivity index (χ1) is 8.11. The van der Waals surface area contributed by atoms with E-state index in [9.17, 15) is 9.59 Å². The van der Waals surface area contributed by atoms with Gasteiger partial charge in [0.05, 0.1) is 6.61 Å². The Hall–Kier alpha value is -1.34. The highest BCUT2D eigenvalue weighted by Gasteiger charge is 2.15. The predicted molar refractivity (Wildman–Crippen MR) is 63.0 cm³/mol. The summed E-state index contributed by atoms with van der Waals surface area (Å²) in [6.07, 6.45) is 0.799. The van der Waals surface area contributed by atoms with Gasteiger partial charge in [0.2, 0.25) is 0 Å². The summed E-state index contributed by atoms with van der Waals surface area (Å²) in [5.74, 6) is -1.04. The second-order valence-electron chi connectivity index (χ2n) is 3.50. The van der Waals surface area contributed by atoms with Crippen LogP contribution in [0.25, 0.3) is 0 Å². The SMILES string of the molecule is CNCCCNC(=O)N(CCOC)CC(=O)O. The number of nitrogens with zero attached hydrogens (tertiary/aromatic N) is 1. The molecule has 0 fully saturated rings. The van der Waals surface area contributed by atoms with Crippen LogP contribution in [-0.2, 0) is 9.53 Å². The van der Waals surface area contributed by atoms with Gasteiger partial charge in [0.1, 0.15) is 6.54 Å². The lowest BCUT2D eigenvalue weighted by atomic mass is 10.4. The zero-order valence-electron chi connectivity index (χ0n) is 10.4. The molecule has 0 aliphatic carbocycles. The van der Waals surface area contributed by atoms with Gasteiger partial charge in [-0.25, -0.2) is 4.79 Å². The first-order valence-electron chi connectivity index (χ1n) is 5.50. The number of ether oxygens (including phenoxy) is 1. The molecule has 2 amide bonds. The van der Waals surface area contributed by atoms with Gasteiger partial charge in [-0.1, -0.05) is 0 Å². The molecule has 0 atom stereocenters. The minimum Gasteiger partial charge on any atom is -0.480 e. The molecule has 7 heteroatoms. The smallest absolute Gasteiger partial charge is 0.323 e. The van der Waals surface area contributed by atoms with Gasteiger partial charge in [0, 0.05) is 20.2 Å². The van der Waals surface area contributed by atoms with Crippen LogP contribution in [0, 0.1) is 0 Å². The number of carboxylic acids is 1. The van der Waals surface area contributed by atoms with Crippen LogP contribution >= 0.6 is 0 Å². The monoisotopic (exact) mass is 247 g/mol. The molecule has 100 valence electrons. The van der Waals surface area contributed by atoms with Crippen molar-refractivity contribution in [1.82, 2.24) is 15.5 Å². The second kappa shape index (κ2) is 9.86. The van der Waals surface area contributed by atoms with Gasteiger partial charge in [-0.15, -0.1) is 0 Å². The largest absolute Gasteiger partial charge is 0.480 e. The van der Waals surface area contributed by atoms with E-state index in [1.54, 1.807) is 0 Å². The molecule has 0 rings (SSSR count). The summed E-state index contributed by atoms with van der Waals surface area (Å²) >= 11 is 0. The number of methoxy groups -OCH3 is 1. The molecule has 0 heterocycles. The van der Waals surface area contributed by atoms with Gasteiger partial charge < -0.3 is 25.4 Å². The molecule has 0 aliphatic heterocycles. The van der Waals surface area contributed by atoms with Crippen LogP contribution in [0.1, 0.15) is 6.42 Å². The van der Waals surface area contributed by atoms with Crippen LogP contribution in [0.5, 0.6) is 0 Å². The molecular formula is C10H21N3O4. The number of hydrogen-bond donors (Lipinski definition) is 3. The maximum Gasteiger partial charge on any atom is 0.323 e. The van der Waals surface area contributed by atoms with Crippen LogP contribution < -0.4 is 10.6 Å². The number of aliphatic carboxylic acids is 1. The van der Waals surface area contributed by atoms with E-state index in [0.717, 1.165) is 13.0 Å². The van der Waals surface area contributed by atoms with Crippen molar-refractivity contribution in [3.8, 4) is 0 Å². The Morgan fingerprint density at radius 1 is 1.35 bits per heavy atom. The Kier molecular flexibility index (Phi) is 9.08. The van der Waals surface area contributed by atoms with Crippen LogP contribution in [0.3, 0.4) is 0 Å². The van der Waals surface area contributed by atoms with Gasteiger partial charge in [-0.05, 0) is 20.0 Å². The van der Waals surface area contributed by atoms with E-state index in [0.29, 0.717) is 13.2 Å². The molecule has 0 radical (unpaired) electrons. The molecular weight excluding hydrogens is 226 g/mol. The van der Waals surface area contributed by atoms with Crippen LogP contribution in [-0.4, -0.2) is 69.0 Å². The van der Waals surface area contributed by atoms with Gasteiger partial charge in [0.15, 0.2) is 0 Å². The molecule has 0 aliphatic rings. The van der Waals surface area contributed by atoms with E-state index in [-0.39, 0.29) is 19.1 Å². The number of carboxylic acid groups (broad SMARTS) is 1. The third kappa shape index (κ3) is 8.47. The summed E-state index contributed by atoms with van der Waals surface area (Å²) in [7, 11) is 3.33. The highest BCUT2D eigenvalue weighted by molar-refractivity contribution is 5.80. The fraction of sp³-hybridized carbons (Fsp3) is 0.800. The van der Waals surface area contributed by atoms with E-state index < -0.39 is 5.97 Å². The molecule has 0 saturated heterocycles. The quantitative estimate of drug-likeness (QED) is 0.470. The number of urea groups is 1. The first-order valence-corrected chi connectivity index (χ1v) is 5.50. The highest BCUT2D eigenvalue weighted by atomic mass is 16.5. The van der Waals surface area contributed by atoms with E-state index in [1.165, 1.54) is 12.0 Å². The average molecular weight is 247 g/mol. The molecule has 0 bridgehead atoms. The molecule has 7 nitrogen and oxygen atoms in total. The Morgan fingerprint density at radius 2 is 2.06 bits per heavy atom. The normalized spacial score (nSPS) is 10.0. The van der Waals surface area contributed by atoms with Gasteiger partial charge in [0.25, 0.3) is 0 Å². The standard InChI is InChI=1S/C10H21N3O4/c1-11-4-3-5-12-10(16)13(6-7-17-2)8-9(14)15/h11H,3-8H2,1-2H3,(H,12,16)(H,14,15). The maximum atomic E-state index is 11.6. The van der Waals surface area contributed by atoms with Crippen molar-refractivity contribution in [3.63, 3.8) is 0 Å². The van der Waals surface area contributed by atoms with Crippen molar-refractivity contribution in [3.05, 3.63) is 0 Å². The lowest BCUT2D eigenvalue weighted by Crippen LogP contribution is -2.44. The van der Waals surface area contributed by atoms with Gasteiger partial charge in [-0.2, -0.15) is 0 Å². The fourth-order valence-corrected chi connectivity index (χ4v) is 1.19. The highest BCUT2D eigenvalue weighted by Crippen LogP contribution is 1.90. The molecule has 0 saturated carbocycles. The summed E-state index contributed by atoms with van der Waals surface area (Å²) in [5.41, 5.74) is 0. The number of carbonyl (C=O) groups is 2. The Morgan fingerprint density at radius 3 is 2.59 bits per heavy atom. The third-order valence-corrected chi connectivity index (χ3v) is 2.06. The van der Waals surface area contributed by atoms with Crippen LogP contribution in [0.4, 0.5) is 4.79 Å². The summed E-state index contributed by atoms with van der Waals surface area (Å²) in [6.45, 7) is 1.58. The molecule has 0 unspecified atom stereocenters. The lowest BCUT2D eigenvalue weighted by molar-refractivity contribution is -0.137. The zero-order valence-corrected chi connectivity index (χ0v) is 10.4.